The molecule has 0 aromatic heterocycles. The van der Waals surface area contributed by atoms with E-state index in [0.717, 1.165) is 49.7 Å². The molecule has 3 aliphatic rings. The summed E-state index contributed by atoms with van der Waals surface area (Å²) in [6.07, 6.45) is 4.51. The first-order valence-corrected chi connectivity index (χ1v) is 48.8. The number of azo groups is 1. The summed E-state index contributed by atoms with van der Waals surface area (Å²) < 4.78 is 53.0. The van der Waals surface area contributed by atoms with E-state index in [1.54, 1.807) is 53.7 Å². The fourth-order valence-corrected chi connectivity index (χ4v) is 17.6. The molecule has 42 heteroatoms. The van der Waals surface area contributed by atoms with Crippen molar-refractivity contribution in [3.8, 4) is 16.9 Å². The molecule has 1 saturated carbocycles. The number of carbonyl (C=O) groups excluding carboxylic acids is 15. The largest absolute Gasteiger partial charge is 0.505 e. The number of hydrogen-bond donors (Lipinski definition) is 11. The SMILES string of the molecule is COC(=O)C(CCCCNC(=O)C(Cc1ccc2ccccc2c1)NC(=O)C1CCC(CNC(=O)CCSC2=CC(=O)N(CCC(=O)NCCCCC(NC(=O)CN3CCN(COC=O)CCN(COC=O)CCN(COC=O)CC3)C(=O)Nc3ccc(-c4ccc(N=Nc5ccc6c(S(=O)O)ccc(N)c6c5O)c(C)c4)cc3C)C2=O)CC1)NC(=O)N[C@@H](CCC(=O)OC(C)(C)C)C(=O)OC(C)(C)C. The predicted octanol–water partition coefficient (Wildman–Crippen LogP) is 8.26. The van der Waals surface area contributed by atoms with Crippen LogP contribution in [0, 0.1) is 25.7 Å². The number of esters is 3. The summed E-state index contributed by atoms with van der Waals surface area (Å²) >= 11 is -1.30. The number of rotatable bonds is 49. The van der Waals surface area contributed by atoms with Crippen molar-refractivity contribution in [2.75, 3.05) is 129 Å². The summed E-state index contributed by atoms with van der Waals surface area (Å²) in [4.78, 5) is 205. The van der Waals surface area contributed by atoms with Crippen molar-refractivity contribution in [3.05, 3.63) is 131 Å². The molecule has 6 aromatic carbocycles. The second-order valence-electron chi connectivity index (χ2n) is 36.6. The molecule has 5 atom stereocenters. The molecule has 10 amide bonds. The minimum atomic E-state index is -2.34. The van der Waals surface area contributed by atoms with Gasteiger partial charge in [-0.1, -0.05) is 60.7 Å². The van der Waals surface area contributed by atoms with Gasteiger partial charge in [0, 0.05) is 139 Å². The molecule has 758 valence electrons. The van der Waals surface area contributed by atoms with E-state index < -0.39 is 112 Å². The number of nitrogens with zero attached hydrogens (tertiary/aromatic N) is 7. The first kappa shape index (κ1) is 111. The molecule has 1 aliphatic carbocycles. The Morgan fingerprint density at radius 3 is 1.75 bits per heavy atom. The Bertz CT molecular complexity index is 5420. The van der Waals surface area contributed by atoms with Crippen molar-refractivity contribution in [3.63, 3.8) is 0 Å². The summed E-state index contributed by atoms with van der Waals surface area (Å²) in [7, 11) is 1.17. The van der Waals surface area contributed by atoms with Gasteiger partial charge >= 0.3 is 23.9 Å². The fourth-order valence-electron chi connectivity index (χ4n) is 16.1. The number of amides is 10. The minimum Gasteiger partial charge on any atom is -0.505 e. The Kier molecular flexibility index (Phi) is 43.7. The number of carbonyl (C=O) groups is 15. The first-order valence-electron chi connectivity index (χ1n) is 46.7. The zero-order chi connectivity index (χ0) is 102. The van der Waals surface area contributed by atoms with Gasteiger partial charge in [-0.3, -0.25) is 82.0 Å². The summed E-state index contributed by atoms with van der Waals surface area (Å²) in [5.41, 5.74) is 9.47. The molecule has 0 radical (unpaired) electrons. The molecule has 1 saturated heterocycles. The van der Waals surface area contributed by atoms with Gasteiger partial charge in [0.2, 0.25) is 35.4 Å². The number of ether oxygens (including phenoxy) is 6. The average molecular weight is 1980 g/mol. The van der Waals surface area contributed by atoms with Crippen molar-refractivity contribution >= 4 is 158 Å². The Labute approximate surface area is 820 Å². The van der Waals surface area contributed by atoms with Gasteiger partial charge < -0.3 is 86.3 Å². The quantitative estimate of drug-likeness (QED) is 0.00250. The van der Waals surface area contributed by atoms with E-state index in [2.05, 4.69) is 52.8 Å². The number of hydrogen-bond acceptors (Lipinski definition) is 31. The van der Waals surface area contributed by atoms with Crippen molar-refractivity contribution < 1.29 is 114 Å². The molecule has 6 aromatic rings. The Morgan fingerprint density at radius 1 is 0.579 bits per heavy atom. The fraction of sp³-hybridized carbons (Fsp3) is 0.500. The zero-order valence-electron chi connectivity index (χ0n) is 80.6. The van der Waals surface area contributed by atoms with E-state index in [1.165, 1.54) is 37.5 Å². The smallest absolute Gasteiger partial charge is 0.329 e. The van der Waals surface area contributed by atoms with Gasteiger partial charge in [-0.2, -0.15) is 5.11 Å². The standard InChI is InChI=1S/C98H130N16O24S2/c1-63-50-70(71-27-31-75(64(2)51-71)108-109-76-32-28-72-82(140(131)132)34-29-73(99)88(72)89(76)123)26-30-74(63)104-92(126)77(103-85(120)56-110-41-43-111(57-134-60-115)45-47-113(59-136-62-117)48-46-112(44-42-110)58-135-61-116)18-12-14-38-100-83(118)36-40-114-86(121)54-81(93(114)127)139-49-37-84(119)102-55-65-20-24-68(25-21-65)90(124)105-80(53-66-22-23-67-16-10-11-17-69(67)52-66)91(125)101-39-15-13-19-78(94(128)133-9)106-96(130)107-79(95(129)138-98(6,7)8)33-35-87(122)137-97(3,4)5/h10-11,16-17,22-23,26-32,34,50-52,54,60-62,65,68,77-80,123H,12-15,18-21,24-25,33,35-49,53,55-59,99H2,1-9H3,(H,100,118)(H,101,125)(H,102,119)(H,103,120)(H,104,126)(H,105,124)(H,131,132)(H2,106,107,130)/t65?,68?,77?,78?,79-,80?/m0/s1. The number of urea groups is 1. The third-order valence-corrected chi connectivity index (χ3v) is 25.4. The number of imide groups is 1. The van der Waals surface area contributed by atoms with E-state index in [0.29, 0.717) is 139 Å². The van der Waals surface area contributed by atoms with Crippen LogP contribution in [0.3, 0.4) is 0 Å². The van der Waals surface area contributed by atoms with Gasteiger partial charge in [-0.25, -0.2) is 18.6 Å². The summed E-state index contributed by atoms with van der Waals surface area (Å²) in [6.45, 7) is 17.5. The van der Waals surface area contributed by atoms with E-state index >= 15 is 0 Å². The van der Waals surface area contributed by atoms with Crippen LogP contribution in [0.15, 0.2) is 129 Å². The highest BCUT2D eigenvalue weighted by atomic mass is 32.2. The lowest BCUT2D eigenvalue weighted by atomic mass is 9.81. The third-order valence-electron chi connectivity index (χ3n) is 23.6. The summed E-state index contributed by atoms with van der Waals surface area (Å²) in [6, 6.07) is 25.0. The number of methoxy groups -OCH3 is 1. The van der Waals surface area contributed by atoms with Crippen LogP contribution in [0.5, 0.6) is 5.75 Å². The zero-order valence-corrected chi connectivity index (χ0v) is 82.2. The highest BCUT2D eigenvalue weighted by molar-refractivity contribution is 8.04. The number of aryl methyl sites for hydroxylation is 2. The molecule has 0 bridgehead atoms. The Hall–Kier alpha value is -12.9. The van der Waals surface area contributed by atoms with Crippen molar-refractivity contribution in [1.29, 1.82) is 0 Å². The number of thioether (sulfide) groups is 1. The van der Waals surface area contributed by atoms with E-state index in [-0.39, 0.29) is 160 Å². The molecule has 0 spiro atoms. The lowest BCUT2D eigenvalue weighted by Crippen LogP contribution is -2.52. The van der Waals surface area contributed by atoms with Gasteiger partial charge in [0.25, 0.3) is 31.2 Å². The number of nitrogens with two attached hydrogens (primary N) is 1. The van der Waals surface area contributed by atoms with Crippen molar-refractivity contribution in [2.24, 2.45) is 22.1 Å². The maximum absolute atomic E-state index is 14.6. The number of benzene rings is 6. The van der Waals surface area contributed by atoms with Crippen molar-refractivity contribution in [1.82, 2.24) is 61.7 Å². The topological polar surface area (TPSA) is 532 Å². The molecule has 2 heterocycles. The van der Waals surface area contributed by atoms with E-state index in [1.807, 2.05) is 100 Å². The second-order valence-corrected chi connectivity index (χ2v) is 38.6. The normalized spacial score (nSPS) is 16.6. The van der Waals surface area contributed by atoms with Gasteiger partial charge in [-0.05, 0) is 213 Å². The monoisotopic (exact) mass is 1980 g/mol. The van der Waals surface area contributed by atoms with Crippen LogP contribution in [0.25, 0.3) is 32.7 Å². The van der Waals surface area contributed by atoms with Gasteiger partial charge in [0.05, 0.1) is 34.5 Å². The summed E-state index contributed by atoms with van der Waals surface area (Å²) in [5.74, 6) is -6.37. The average Bonchev–Trinajstić information content (AvgIpc) is 0.876. The van der Waals surface area contributed by atoms with Crippen LogP contribution in [0.1, 0.15) is 148 Å². The van der Waals surface area contributed by atoms with Crippen LogP contribution in [0.2, 0.25) is 0 Å². The maximum Gasteiger partial charge on any atom is 0.329 e. The number of phenols is 1. The molecule has 9 rings (SSSR count). The number of aromatic hydroxyl groups is 1. The highest BCUT2D eigenvalue weighted by Crippen LogP contribution is 2.42. The first-order chi connectivity index (χ1) is 66.9. The molecule has 2 aliphatic heterocycles. The van der Waals surface area contributed by atoms with E-state index in [4.69, 9.17) is 34.2 Å². The Morgan fingerprint density at radius 2 is 1.15 bits per heavy atom. The van der Waals surface area contributed by atoms with Crippen LogP contribution in [-0.4, -0.2) is 282 Å². The minimum absolute atomic E-state index is 0.0159. The molecule has 4 unspecified atom stereocenters. The number of fused-ring (bicyclic) bond motifs is 2. The maximum atomic E-state index is 14.6. The molecule has 40 nitrogen and oxygen atoms in total. The number of phenolic OH excluding ortho intramolecular Hbond substituents is 1. The molecular formula is C98H130N16O24S2. The summed E-state index contributed by atoms with van der Waals surface area (Å²) in [5, 5.41) is 45.0. The number of anilines is 2. The molecule has 2 fully saturated rings. The van der Waals surface area contributed by atoms with Crippen LogP contribution >= 0.6 is 11.8 Å². The number of nitrogens with one attached hydrogen (secondary N) is 8. The van der Waals surface area contributed by atoms with Gasteiger partial charge in [0.15, 0.2) is 16.8 Å². The van der Waals surface area contributed by atoms with Crippen LogP contribution in [-0.2, 0) is 113 Å². The highest BCUT2D eigenvalue weighted by Gasteiger charge is 2.36. The van der Waals surface area contributed by atoms with Crippen LogP contribution < -0.4 is 48.3 Å². The van der Waals surface area contributed by atoms with Crippen molar-refractivity contribution in [2.45, 2.75) is 192 Å². The molecule has 140 heavy (non-hydrogen) atoms. The molecular weight excluding hydrogens is 1850 g/mol. The lowest BCUT2D eigenvalue weighted by molar-refractivity contribution is -0.159. The molecule has 12 N–H and O–H groups in total. The van der Waals surface area contributed by atoms with Crippen LogP contribution in [0.4, 0.5) is 27.5 Å². The second kappa shape index (κ2) is 55.2. The Balaban J connectivity index is 0.729. The van der Waals surface area contributed by atoms with Gasteiger partial charge in [-0.15, -0.1) is 16.9 Å². The predicted molar refractivity (Wildman–Crippen MR) is 523 cm³/mol. The number of unbranched alkanes of at least 4 members (excludes halogenated alkanes) is 2. The lowest BCUT2D eigenvalue weighted by Gasteiger charge is -2.33. The van der Waals surface area contributed by atoms with Gasteiger partial charge in [0.1, 0.15) is 61.2 Å². The third kappa shape index (κ3) is 36.1. The number of nitrogen functional groups attached to an aromatic ring is 1. The van der Waals surface area contributed by atoms with E-state index in [9.17, 15) is 85.8 Å².